The Balaban J connectivity index is 2.14. The van der Waals surface area contributed by atoms with Gasteiger partial charge in [-0.25, -0.2) is 19.6 Å². The molecule has 0 atom stereocenters. The Labute approximate surface area is 142 Å². The van der Waals surface area contributed by atoms with Crippen LogP contribution in [0.25, 0.3) is 0 Å². The number of hydrogen-bond donors (Lipinski definition) is 1. The van der Waals surface area contributed by atoms with Gasteiger partial charge in [0.05, 0.1) is 18.8 Å². The monoisotopic (exact) mass is 334 g/mol. The van der Waals surface area contributed by atoms with Crippen molar-refractivity contribution >= 4 is 17.9 Å². The number of carbonyl (C=O) groups excluding carboxylic acids is 2. The van der Waals surface area contributed by atoms with Crippen molar-refractivity contribution in [3.05, 3.63) is 11.8 Å². The zero-order chi connectivity index (χ0) is 17.3. The molecule has 7 nitrogen and oxygen atoms in total. The quantitative estimate of drug-likeness (QED) is 0.299. The van der Waals surface area contributed by atoms with Crippen LogP contribution in [0.4, 0.5) is 0 Å². The number of aliphatic imine (C=N–C) groups is 2. The van der Waals surface area contributed by atoms with Crippen molar-refractivity contribution < 1.29 is 14.4 Å². The van der Waals surface area contributed by atoms with E-state index in [9.17, 15) is 9.59 Å². The van der Waals surface area contributed by atoms with Crippen LogP contribution in [0.2, 0.25) is 0 Å². The largest absolute Gasteiger partial charge is 0.373 e. The molecular weight excluding hydrogens is 308 g/mol. The first-order valence-corrected chi connectivity index (χ1v) is 8.62. The van der Waals surface area contributed by atoms with Crippen molar-refractivity contribution in [1.82, 2.24) is 5.59 Å². The van der Waals surface area contributed by atoms with Gasteiger partial charge in [-0.1, -0.05) is 25.7 Å². The molecule has 7 heteroatoms. The smallest absolute Gasteiger partial charge is 0.234 e. The molecule has 0 spiro atoms. The van der Waals surface area contributed by atoms with Crippen LogP contribution in [0.1, 0.15) is 64.2 Å². The maximum atomic E-state index is 9.96. The van der Waals surface area contributed by atoms with E-state index in [1.807, 2.05) is 0 Å². The highest BCUT2D eigenvalue weighted by Crippen LogP contribution is 2.18. The van der Waals surface area contributed by atoms with Gasteiger partial charge in [-0.2, -0.15) is 0 Å². The zero-order valence-corrected chi connectivity index (χ0v) is 14.1. The summed E-state index contributed by atoms with van der Waals surface area (Å²) in [5.74, 6) is 0. The summed E-state index contributed by atoms with van der Waals surface area (Å²) in [6, 6.07) is 0. The summed E-state index contributed by atoms with van der Waals surface area (Å²) in [6.45, 7) is 1.15. The van der Waals surface area contributed by atoms with Gasteiger partial charge in [-0.3, -0.25) is 0 Å². The Morgan fingerprint density at radius 1 is 0.875 bits per heavy atom. The predicted molar refractivity (Wildman–Crippen MR) is 91.9 cm³/mol. The van der Waals surface area contributed by atoms with Gasteiger partial charge in [0.25, 0.3) is 0 Å². The van der Waals surface area contributed by atoms with Crippen LogP contribution in [0, 0.1) is 0 Å². The summed E-state index contributed by atoms with van der Waals surface area (Å²) >= 11 is 0. The molecule has 0 amide bonds. The van der Waals surface area contributed by atoms with Crippen molar-refractivity contribution in [3.8, 4) is 0 Å². The van der Waals surface area contributed by atoms with Gasteiger partial charge in [0.15, 0.2) is 0 Å². The fraction of sp³-hybridized carbons (Fsp3) is 0.706. The predicted octanol–water partition coefficient (Wildman–Crippen LogP) is 3.33. The molecule has 1 heterocycles. The average molecular weight is 334 g/mol. The first-order chi connectivity index (χ1) is 11.9. The van der Waals surface area contributed by atoms with E-state index in [0.717, 1.165) is 75.5 Å². The zero-order valence-electron chi connectivity index (χ0n) is 14.1. The fourth-order valence-corrected chi connectivity index (χ4v) is 2.53. The number of rotatable bonds is 14. The van der Waals surface area contributed by atoms with Crippen LogP contribution in [0.3, 0.4) is 0 Å². The van der Waals surface area contributed by atoms with Gasteiger partial charge in [0.2, 0.25) is 12.2 Å². The molecule has 132 valence electrons. The summed E-state index contributed by atoms with van der Waals surface area (Å²) in [4.78, 5) is 32.1. The number of hydrogen-bond acceptors (Lipinski definition) is 7. The number of allylic oxidation sites excluding steroid dienone is 1. The Kier molecular flexibility index (Phi) is 11.9. The van der Waals surface area contributed by atoms with Crippen molar-refractivity contribution in [2.24, 2.45) is 15.1 Å². The first kappa shape index (κ1) is 19.8. The summed E-state index contributed by atoms with van der Waals surface area (Å²) in [5, 5.41) is 4.25. The lowest BCUT2D eigenvalue weighted by Gasteiger charge is -2.15. The summed E-state index contributed by atoms with van der Waals surface area (Å²) in [5.41, 5.74) is 4.79. The van der Waals surface area contributed by atoms with Gasteiger partial charge in [0, 0.05) is 5.57 Å². The number of unbranched alkanes of at least 4 members (excludes halogenated alkanes) is 6. The first-order valence-electron chi connectivity index (χ1n) is 8.62. The van der Waals surface area contributed by atoms with Gasteiger partial charge in [0.1, 0.15) is 6.26 Å². The SMILES string of the molecule is O=C=NCCCCCCC1=CONN=C1CCCCCCN=C=O. The summed E-state index contributed by atoms with van der Waals surface area (Å²) < 4.78 is 0. The summed E-state index contributed by atoms with van der Waals surface area (Å²) in [7, 11) is 0. The molecule has 1 aliphatic heterocycles. The Bertz CT molecular complexity index is 458. The maximum Gasteiger partial charge on any atom is 0.234 e. The second-order valence-electron chi connectivity index (χ2n) is 5.69. The van der Waals surface area contributed by atoms with Gasteiger partial charge >= 0.3 is 0 Å². The van der Waals surface area contributed by atoms with Crippen LogP contribution in [-0.4, -0.2) is 31.0 Å². The highest BCUT2D eigenvalue weighted by atomic mass is 16.7. The van der Waals surface area contributed by atoms with Crippen molar-refractivity contribution in [1.29, 1.82) is 0 Å². The second kappa shape index (κ2) is 14.4. The topological polar surface area (TPSA) is 92.5 Å². The van der Waals surface area contributed by atoms with Crippen LogP contribution in [0.5, 0.6) is 0 Å². The number of nitrogens with zero attached hydrogens (tertiary/aromatic N) is 3. The van der Waals surface area contributed by atoms with Crippen LogP contribution < -0.4 is 5.59 Å². The molecule has 0 fully saturated rings. The van der Waals surface area contributed by atoms with Crippen LogP contribution in [0.15, 0.2) is 26.9 Å². The van der Waals surface area contributed by atoms with Crippen molar-refractivity contribution in [2.75, 3.05) is 13.1 Å². The molecule has 0 radical (unpaired) electrons. The third-order valence-corrected chi connectivity index (χ3v) is 3.83. The van der Waals surface area contributed by atoms with E-state index in [0.29, 0.717) is 13.1 Å². The van der Waals surface area contributed by atoms with E-state index in [4.69, 9.17) is 4.84 Å². The Morgan fingerprint density at radius 3 is 2.08 bits per heavy atom. The molecule has 0 bridgehead atoms. The van der Waals surface area contributed by atoms with Crippen molar-refractivity contribution in [2.45, 2.75) is 64.2 Å². The fourth-order valence-electron chi connectivity index (χ4n) is 2.53. The lowest BCUT2D eigenvalue weighted by Crippen LogP contribution is -2.17. The average Bonchev–Trinajstić information content (AvgIpc) is 2.61. The molecule has 1 aliphatic rings. The molecule has 0 aromatic heterocycles. The lowest BCUT2D eigenvalue weighted by molar-refractivity contribution is 0.132. The summed E-state index contributed by atoms with van der Waals surface area (Å²) in [6.07, 6.45) is 15.1. The number of hydrazone groups is 1. The minimum atomic E-state index is 0.573. The number of isocyanates is 2. The molecule has 24 heavy (non-hydrogen) atoms. The Hall–Kier alpha value is -2.23. The van der Waals surface area contributed by atoms with Crippen LogP contribution >= 0.6 is 0 Å². The molecule has 0 aliphatic carbocycles. The second-order valence-corrected chi connectivity index (χ2v) is 5.69. The minimum Gasteiger partial charge on any atom is -0.373 e. The van der Waals surface area contributed by atoms with E-state index < -0.39 is 0 Å². The normalized spacial score (nSPS) is 12.8. The van der Waals surface area contributed by atoms with Gasteiger partial charge < -0.3 is 4.84 Å². The van der Waals surface area contributed by atoms with E-state index in [1.165, 1.54) is 0 Å². The Morgan fingerprint density at radius 2 is 1.46 bits per heavy atom. The van der Waals surface area contributed by atoms with E-state index in [1.54, 1.807) is 18.4 Å². The third-order valence-electron chi connectivity index (χ3n) is 3.83. The van der Waals surface area contributed by atoms with Gasteiger partial charge in [-0.15, -0.1) is 10.7 Å². The molecule has 1 N–H and O–H groups in total. The lowest BCUT2D eigenvalue weighted by atomic mass is 9.99. The van der Waals surface area contributed by atoms with E-state index in [-0.39, 0.29) is 0 Å². The highest BCUT2D eigenvalue weighted by molar-refractivity contribution is 5.99. The number of nitrogens with one attached hydrogen (secondary N) is 1. The molecular formula is C17H26N4O3. The minimum absolute atomic E-state index is 0.573. The maximum absolute atomic E-state index is 9.96. The van der Waals surface area contributed by atoms with Crippen molar-refractivity contribution in [3.63, 3.8) is 0 Å². The molecule has 0 aromatic rings. The van der Waals surface area contributed by atoms with Crippen LogP contribution in [-0.2, 0) is 14.4 Å². The highest BCUT2D eigenvalue weighted by Gasteiger charge is 2.11. The third kappa shape index (κ3) is 9.72. The van der Waals surface area contributed by atoms with E-state index in [2.05, 4.69) is 20.7 Å². The van der Waals surface area contributed by atoms with E-state index >= 15 is 0 Å². The molecule has 0 unspecified atom stereocenters. The molecule has 1 rings (SSSR count). The molecule has 0 saturated heterocycles. The standard InChI is InChI=1S/C17H26N4O3/c22-14-18-11-7-3-1-5-9-16-13-24-21-20-17(16)10-6-2-4-8-12-19-15-23/h13,21H,1-12H2. The van der Waals surface area contributed by atoms with Gasteiger partial charge in [-0.05, 0) is 38.5 Å². The molecule has 0 saturated carbocycles. The molecule has 0 aromatic carbocycles.